The van der Waals surface area contributed by atoms with Crippen LogP contribution < -0.4 is 4.90 Å². The van der Waals surface area contributed by atoms with Gasteiger partial charge in [-0.15, -0.1) is 10.2 Å². The monoisotopic (exact) mass is 367 g/mol. The Balaban J connectivity index is 1.38. The van der Waals surface area contributed by atoms with E-state index in [-0.39, 0.29) is 5.82 Å². The number of anilines is 1. The molecule has 1 aromatic carbocycles. The van der Waals surface area contributed by atoms with Crippen LogP contribution in [0.4, 0.5) is 10.2 Å². The minimum atomic E-state index is -0.271. The summed E-state index contributed by atoms with van der Waals surface area (Å²) in [5.74, 6) is 1.48. The van der Waals surface area contributed by atoms with Gasteiger partial charge in [0.05, 0.1) is 11.4 Å². The summed E-state index contributed by atoms with van der Waals surface area (Å²) in [5, 5.41) is 12.7. The Hall–Kier alpha value is -2.80. The van der Waals surface area contributed by atoms with Crippen molar-refractivity contribution in [1.82, 2.24) is 20.3 Å². The Labute approximate surface area is 157 Å². The summed E-state index contributed by atoms with van der Waals surface area (Å²) in [6, 6.07) is 10.3. The Morgan fingerprint density at radius 3 is 2.48 bits per heavy atom. The van der Waals surface area contributed by atoms with E-state index in [2.05, 4.69) is 25.2 Å². The molecule has 27 heavy (non-hydrogen) atoms. The van der Waals surface area contributed by atoms with E-state index in [0.717, 1.165) is 55.6 Å². The van der Waals surface area contributed by atoms with Crippen LogP contribution in [0.3, 0.4) is 0 Å². The van der Waals surface area contributed by atoms with E-state index in [1.165, 1.54) is 17.7 Å². The molecule has 4 rings (SSSR count). The predicted molar refractivity (Wildman–Crippen MR) is 101 cm³/mol. The van der Waals surface area contributed by atoms with E-state index in [1.807, 2.05) is 32.0 Å². The highest BCUT2D eigenvalue weighted by molar-refractivity contribution is 5.59. The lowest BCUT2D eigenvalue weighted by Gasteiger charge is -2.35. The van der Waals surface area contributed by atoms with Crippen molar-refractivity contribution in [2.45, 2.75) is 20.4 Å². The van der Waals surface area contributed by atoms with Crippen LogP contribution in [-0.2, 0) is 6.54 Å². The molecule has 0 bridgehead atoms. The molecule has 0 amide bonds. The first-order valence-electron chi connectivity index (χ1n) is 9.09. The van der Waals surface area contributed by atoms with Gasteiger partial charge in [-0.2, -0.15) is 0 Å². The standard InChI is InChI=1S/C20H22FN5O/c1-14-18(15(2)27-24-14)13-25-8-10-26(11-9-25)20-7-6-19(22-23-20)16-4-3-5-17(21)12-16/h3-7,12H,8-11,13H2,1-2H3. The largest absolute Gasteiger partial charge is 0.361 e. The lowest BCUT2D eigenvalue weighted by Crippen LogP contribution is -2.46. The first kappa shape index (κ1) is 17.6. The van der Waals surface area contributed by atoms with Crippen molar-refractivity contribution in [1.29, 1.82) is 0 Å². The molecule has 6 nitrogen and oxygen atoms in total. The molecule has 0 aliphatic carbocycles. The number of aryl methyl sites for hydroxylation is 2. The number of halogens is 1. The summed E-state index contributed by atoms with van der Waals surface area (Å²) >= 11 is 0. The SMILES string of the molecule is Cc1noc(C)c1CN1CCN(c2ccc(-c3cccc(F)c3)nn2)CC1. The van der Waals surface area contributed by atoms with E-state index in [1.54, 1.807) is 6.07 Å². The van der Waals surface area contributed by atoms with Gasteiger partial charge in [-0.25, -0.2) is 4.39 Å². The van der Waals surface area contributed by atoms with Gasteiger partial charge in [-0.3, -0.25) is 4.90 Å². The number of hydrogen-bond donors (Lipinski definition) is 0. The van der Waals surface area contributed by atoms with Crippen molar-refractivity contribution >= 4 is 5.82 Å². The number of rotatable bonds is 4. The van der Waals surface area contributed by atoms with Crippen molar-refractivity contribution in [2.75, 3.05) is 31.1 Å². The smallest absolute Gasteiger partial charge is 0.151 e. The maximum atomic E-state index is 13.4. The normalized spacial score (nSPS) is 15.3. The molecule has 0 atom stereocenters. The molecule has 1 aliphatic rings. The van der Waals surface area contributed by atoms with Gasteiger partial charge in [0.15, 0.2) is 5.82 Å². The molecule has 1 saturated heterocycles. The zero-order valence-electron chi connectivity index (χ0n) is 15.5. The topological polar surface area (TPSA) is 58.3 Å². The predicted octanol–water partition coefficient (Wildman–Crippen LogP) is 3.21. The average molecular weight is 367 g/mol. The maximum Gasteiger partial charge on any atom is 0.151 e. The molecule has 2 aromatic heterocycles. The number of nitrogens with zero attached hydrogens (tertiary/aromatic N) is 5. The molecule has 7 heteroatoms. The minimum absolute atomic E-state index is 0.271. The molecular formula is C20H22FN5O. The van der Waals surface area contributed by atoms with Crippen molar-refractivity contribution < 1.29 is 8.91 Å². The highest BCUT2D eigenvalue weighted by atomic mass is 19.1. The van der Waals surface area contributed by atoms with Gasteiger partial charge in [-0.1, -0.05) is 17.3 Å². The van der Waals surface area contributed by atoms with Gasteiger partial charge >= 0.3 is 0 Å². The van der Waals surface area contributed by atoms with Crippen LogP contribution in [-0.4, -0.2) is 46.4 Å². The van der Waals surface area contributed by atoms with Gasteiger partial charge in [0.1, 0.15) is 11.6 Å². The highest BCUT2D eigenvalue weighted by Crippen LogP contribution is 2.21. The fourth-order valence-electron chi connectivity index (χ4n) is 3.38. The van der Waals surface area contributed by atoms with Gasteiger partial charge in [0.2, 0.25) is 0 Å². The molecule has 0 spiro atoms. The molecule has 3 heterocycles. The second-order valence-corrected chi connectivity index (χ2v) is 6.85. The third-order valence-corrected chi connectivity index (χ3v) is 5.03. The Kier molecular flexibility index (Phi) is 4.85. The van der Waals surface area contributed by atoms with Crippen LogP contribution in [0.2, 0.25) is 0 Å². The lowest BCUT2D eigenvalue weighted by molar-refractivity contribution is 0.247. The Morgan fingerprint density at radius 2 is 1.85 bits per heavy atom. The summed E-state index contributed by atoms with van der Waals surface area (Å²) < 4.78 is 18.6. The molecule has 0 radical (unpaired) electrons. The third-order valence-electron chi connectivity index (χ3n) is 5.03. The summed E-state index contributed by atoms with van der Waals surface area (Å²) in [4.78, 5) is 4.63. The van der Waals surface area contributed by atoms with E-state index < -0.39 is 0 Å². The molecule has 3 aromatic rings. The molecule has 140 valence electrons. The molecule has 0 unspecified atom stereocenters. The van der Waals surface area contributed by atoms with E-state index >= 15 is 0 Å². The molecule has 0 N–H and O–H groups in total. The van der Waals surface area contributed by atoms with Crippen molar-refractivity contribution in [3.63, 3.8) is 0 Å². The summed E-state index contributed by atoms with van der Waals surface area (Å²) in [6.45, 7) is 8.46. The van der Waals surface area contributed by atoms with E-state index in [9.17, 15) is 4.39 Å². The first-order valence-corrected chi connectivity index (χ1v) is 9.09. The van der Waals surface area contributed by atoms with Crippen LogP contribution in [0.1, 0.15) is 17.0 Å². The maximum absolute atomic E-state index is 13.4. The number of hydrogen-bond acceptors (Lipinski definition) is 6. The van der Waals surface area contributed by atoms with Crippen LogP contribution >= 0.6 is 0 Å². The van der Waals surface area contributed by atoms with Gasteiger partial charge in [0.25, 0.3) is 0 Å². The quantitative estimate of drug-likeness (QED) is 0.706. The van der Waals surface area contributed by atoms with Crippen LogP contribution in [0, 0.1) is 19.7 Å². The van der Waals surface area contributed by atoms with Crippen molar-refractivity contribution in [2.24, 2.45) is 0 Å². The molecular weight excluding hydrogens is 345 g/mol. The highest BCUT2D eigenvalue weighted by Gasteiger charge is 2.21. The lowest BCUT2D eigenvalue weighted by atomic mass is 10.1. The summed E-state index contributed by atoms with van der Waals surface area (Å²) in [5.41, 5.74) is 3.56. The number of aromatic nitrogens is 3. The molecule has 1 aliphatic heterocycles. The average Bonchev–Trinajstić information content (AvgIpc) is 3.01. The second-order valence-electron chi connectivity index (χ2n) is 6.85. The van der Waals surface area contributed by atoms with Crippen molar-refractivity contribution in [3.05, 3.63) is 59.2 Å². The van der Waals surface area contributed by atoms with E-state index in [0.29, 0.717) is 5.69 Å². The number of benzene rings is 1. The minimum Gasteiger partial charge on any atom is -0.361 e. The van der Waals surface area contributed by atoms with Gasteiger partial charge < -0.3 is 9.42 Å². The van der Waals surface area contributed by atoms with Crippen LogP contribution in [0.25, 0.3) is 11.3 Å². The molecule has 0 saturated carbocycles. The van der Waals surface area contributed by atoms with E-state index in [4.69, 9.17) is 4.52 Å². The zero-order valence-corrected chi connectivity index (χ0v) is 15.5. The Morgan fingerprint density at radius 1 is 1.04 bits per heavy atom. The third kappa shape index (κ3) is 3.83. The van der Waals surface area contributed by atoms with Crippen LogP contribution in [0.5, 0.6) is 0 Å². The summed E-state index contributed by atoms with van der Waals surface area (Å²) in [7, 11) is 0. The van der Waals surface area contributed by atoms with Gasteiger partial charge in [-0.05, 0) is 38.1 Å². The molecule has 1 fully saturated rings. The zero-order chi connectivity index (χ0) is 18.8. The fraction of sp³-hybridized carbons (Fsp3) is 0.350. The van der Waals surface area contributed by atoms with Gasteiger partial charge in [0, 0.05) is 43.9 Å². The van der Waals surface area contributed by atoms with Crippen molar-refractivity contribution in [3.8, 4) is 11.3 Å². The van der Waals surface area contributed by atoms with Crippen LogP contribution in [0.15, 0.2) is 40.9 Å². The second kappa shape index (κ2) is 7.44. The first-order chi connectivity index (χ1) is 13.1. The number of piperazine rings is 1. The fourth-order valence-corrected chi connectivity index (χ4v) is 3.38. The Bertz CT molecular complexity index is 897. The summed E-state index contributed by atoms with van der Waals surface area (Å²) in [6.07, 6.45) is 0.